The highest BCUT2D eigenvalue weighted by Crippen LogP contribution is 2.20. The number of halogens is 1. The van der Waals surface area contributed by atoms with Crippen molar-refractivity contribution in [2.24, 2.45) is 0 Å². The highest BCUT2D eigenvalue weighted by atomic mass is 79.9. The van der Waals surface area contributed by atoms with E-state index in [-0.39, 0.29) is 11.6 Å². The molecule has 25 heavy (non-hydrogen) atoms. The predicted molar refractivity (Wildman–Crippen MR) is 100 cm³/mol. The Morgan fingerprint density at radius 1 is 1.04 bits per heavy atom. The number of nitrogens with one attached hydrogen (secondary N) is 2. The van der Waals surface area contributed by atoms with Crippen LogP contribution in [0, 0.1) is 0 Å². The van der Waals surface area contributed by atoms with Gasteiger partial charge in [-0.2, -0.15) is 0 Å². The Morgan fingerprint density at radius 3 is 2.52 bits per heavy atom. The third kappa shape index (κ3) is 4.54. The number of carbonyl (C=O) groups is 1. The summed E-state index contributed by atoms with van der Waals surface area (Å²) in [7, 11) is 1.61. The van der Waals surface area contributed by atoms with Crippen LogP contribution in [0.5, 0.6) is 5.75 Å². The third-order valence-corrected chi connectivity index (χ3v) is 3.86. The quantitative estimate of drug-likeness (QED) is 0.671. The number of benzene rings is 2. The van der Waals surface area contributed by atoms with Crippen LogP contribution in [0.2, 0.25) is 0 Å². The Labute approximate surface area is 153 Å². The van der Waals surface area contributed by atoms with E-state index in [2.05, 4.69) is 36.5 Å². The van der Waals surface area contributed by atoms with Gasteiger partial charge in [-0.15, -0.1) is 0 Å². The van der Waals surface area contributed by atoms with Gasteiger partial charge in [-0.05, 0) is 36.4 Å². The van der Waals surface area contributed by atoms with Gasteiger partial charge in [0.1, 0.15) is 17.3 Å². The van der Waals surface area contributed by atoms with Crippen molar-refractivity contribution in [1.29, 1.82) is 0 Å². The molecule has 0 aliphatic heterocycles. The lowest BCUT2D eigenvalue weighted by Crippen LogP contribution is -2.14. The smallest absolute Gasteiger partial charge is 0.275 e. The molecule has 0 fully saturated rings. The molecule has 1 aromatic heterocycles. The van der Waals surface area contributed by atoms with E-state index in [0.29, 0.717) is 11.5 Å². The molecule has 2 N–H and O–H groups in total. The van der Waals surface area contributed by atoms with Crippen LogP contribution in [-0.4, -0.2) is 23.0 Å². The molecular formula is C18H15BrN4O2. The number of nitrogens with zero attached hydrogens (tertiary/aromatic N) is 2. The summed E-state index contributed by atoms with van der Waals surface area (Å²) in [5.41, 5.74) is 1.74. The number of carbonyl (C=O) groups excluding carboxylic acids is 1. The average Bonchev–Trinajstić information content (AvgIpc) is 2.64. The van der Waals surface area contributed by atoms with Crippen molar-refractivity contribution in [3.63, 3.8) is 0 Å². The van der Waals surface area contributed by atoms with Crippen molar-refractivity contribution in [2.75, 3.05) is 17.7 Å². The molecule has 0 bridgehead atoms. The van der Waals surface area contributed by atoms with Crippen LogP contribution in [-0.2, 0) is 0 Å². The van der Waals surface area contributed by atoms with Gasteiger partial charge >= 0.3 is 0 Å². The Balaban J connectivity index is 1.66. The van der Waals surface area contributed by atoms with Crippen molar-refractivity contribution in [1.82, 2.24) is 9.97 Å². The number of aromatic nitrogens is 2. The Bertz CT molecular complexity index is 867. The molecule has 0 unspecified atom stereocenters. The SMILES string of the molecule is COc1cccc(Nc2cnc(C(=O)Nc3ccc(Br)cc3)cn2)c1. The van der Waals surface area contributed by atoms with E-state index in [9.17, 15) is 4.79 Å². The zero-order valence-corrected chi connectivity index (χ0v) is 14.9. The molecule has 0 radical (unpaired) electrons. The maximum absolute atomic E-state index is 12.2. The summed E-state index contributed by atoms with van der Waals surface area (Å²) in [6.45, 7) is 0. The van der Waals surface area contributed by atoms with Gasteiger partial charge in [0, 0.05) is 21.9 Å². The minimum Gasteiger partial charge on any atom is -0.497 e. The standard InChI is InChI=1S/C18H15BrN4O2/c1-25-15-4-2-3-14(9-15)22-17-11-20-16(10-21-17)18(24)23-13-7-5-12(19)6-8-13/h2-11H,1H3,(H,21,22)(H,23,24). The molecular weight excluding hydrogens is 384 g/mol. The summed E-state index contributed by atoms with van der Waals surface area (Å²) in [5.74, 6) is 0.958. The van der Waals surface area contributed by atoms with Crippen molar-refractivity contribution in [2.45, 2.75) is 0 Å². The van der Waals surface area contributed by atoms with Gasteiger partial charge in [0.25, 0.3) is 5.91 Å². The fourth-order valence-electron chi connectivity index (χ4n) is 2.09. The fraction of sp³-hybridized carbons (Fsp3) is 0.0556. The number of hydrogen-bond donors (Lipinski definition) is 2. The van der Waals surface area contributed by atoms with E-state index in [1.165, 1.54) is 12.4 Å². The minimum absolute atomic E-state index is 0.235. The Hall–Kier alpha value is -2.93. The summed E-state index contributed by atoms with van der Waals surface area (Å²) in [4.78, 5) is 20.6. The number of ether oxygens (including phenoxy) is 1. The lowest BCUT2D eigenvalue weighted by Gasteiger charge is -2.08. The molecule has 3 aromatic rings. The van der Waals surface area contributed by atoms with Crippen LogP contribution in [0.3, 0.4) is 0 Å². The summed E-state index contributed by atoms with van der Waals surface area (Å²) in [5, 5.41) is 5.88. The lowest BCUT2D eigenvalue weighted by molar-refractivity contribution is 0.102. The summed E-state index contributed by atoms with van der Waals surface area (Å²) >= 11 is 3.35. The molecule has 0 spiro atoms. The molecule has 0 saturated heterocycles. The lowest BCUT2D eigenvalue weighted by atomic mass is 10.3. The first-order valence-corrected chi connectivity index (χ1v) is 8.23. The second kappa shape index (κ2) is 7.76. The van der Waals surface area contributed by atoms with Gasteiger partial charge in [-0.25, -0.2) is 9.97 Å². The average molecular weight is 399 g/mol. The zero-order valence-electron chi connectivity index (χ0n) is 13.4. The first-order chi connectivity index (χ1) is 12.1. The van der Waals surface area contributed by atoms with E-state index in [1.54, 1.807) is 19.2 Å². The fourth-order valence-corrected chi connectivity index (χ4v) is 2.35. The van der Waals surface area contributed by atoms with Gasteiger partial charge in [0.2, 0.25) is 0 Å². The van der Waals surface area contributed by atoms with Gasteiger partial charge in [0.05, 0.1) is 19.5 Å². The van der Waals surface area contributed by atoms with Crippen molar-refractivity contribution in [3.8, 4) is 5.75 Å². The number of hydrogen-bond acceptors (Lipinski definition) is 5. The number of amides is 1. The van der Waals surface area contributed by atoms with Crippen molar-refractivity contribution in [3.05, 3.63) is 71.1 Å². The maximum atomic E-state index is 12.2. The summed E-state index contributed by atoms with van der Waals surface area (Å²) in [6, 6.07) is 14.8. The summed E-state index contributed by atoms with van der Waals surface area (Å²) < 4.78 is 6.12. The minimum atomic E-state index is -0.317. The number of methoxy groups -OCH3 is 1. The Morgan fingerprint density at radius 2 is 1.84 bits per heavy atom. The second-order valence-corrected chi connectivity index (χ2v) is 6.02. The van der Waals surface area contributed by atoms with Gasteiger partial charge in [-0.3, -0.25) is 4.79 Å². The number of rotatable bonds is 5. The van der Waals surface area contributed by atoms with Crippen LogP contribution in [0.4, 0.5) is 17.2 Å². The first-order valence-electron chi connectivity index (χ1n) is 7.44. The number of anilines is 3. The monoisotopic (exact) mass is 398 g/mol. The van der Waals surface area contributed by atoms with Crippen LogP contribution in [0.1, 0.15) is 10.5 Å². The normalized spacial score (nSPS) is 10.2. The van der Waals surface area contributed by atoms with Crippen LogP contribution in [0.15, 0.2) is 65.4 Å². The topological polar surface area (TPSA) is 76.1 Å². The molecule has 0 aliphatic carbocycles. The summed E-state index contributed by atoms with van der Waals surface area (Å²) in [6.07, 6.45) is 2.94. The molecule has 0 aliphatic rings. The van der Waals surface area contributed by atoms with Gasteiger partial charge in [-0.1, -0.05) is 22.0 Å². The van der Waals surface area contributed by atoms with E-state index in [1.807, 2.05) is 36.4 Å². The molecule has 0 atom stereocenters. The van der Waals surface area contributed by atoms with Gasteiger partial charge in [0.15, 0.2) is 0 Å². The van der Waals surface area contributed by atoms with Crippen LogP contribution in [0.25, 0.3) is 0 Å². The molecule has 2 aromatic carbocycles. The van der Waals surface area contributed by atoms with Crippen molar-refractivity contribution < 1.29 is 9.53 Å². The highest BCUT2D eigenvalue weighted by molar-refractivity contribution is 9.10. The highest BCUT2D eigenvalue weighted by Gasteiger charge is 2.09. The van der Waals surface area contributed by atoms with Crippen LogP contribution >= 0.6 is 15.9 Å². The largest absolute Gasteiger partial charge is 0.497 e. The molecule has 126 valence electrons. The molecule has 1 heterocycles. The second-order valence-electron chi connectivity index (χ2n) is 5.10. The van der Waals surface area contributed by atoms with Crippen molar-refractivity contribution >= 4 is 39.0 Å². The van der Waals surface area contributed by atoms with E-state index in [4.69, 9.17) is 4.74 Å². The van der Waals surface area contributed by atoms with Crippen LogP contribution < -0.4 is 15.4 Å². The molecule has 7 heteroatoms. The molecule has 3 rings (SSSR count). The van der Waals surface area contributed by atoms with E-state index >= 15 is 0 Å². The first kappa shape index (κ1) is 16.9. The van der Waals surface area contributed by atoms with E-state index < -0.39 is 0 Å². The third-order valence-electron chi connectivity index (χ3n) is 3.33. The van der Waals surface area contributed by atoms with E-state index in [0.717, 1.165) is 15.9 Å². The molecule has 6 nitrogen and oxygen atoms in total. The maximum Gasteiger partial charge on any atom is 0.275 e. The van der Waals surface area contributed by atoms with Gasteiger partial charge < -0.3 is 15.4 Å². The zero-order chi connectivity index (χ0) is 17.6. The Kier molecular flexibility index (Phi) is 5.25. The molecule has 0 saturated carbocycles. The molecule has 1 amide bonds. The predicted octanol–water partition coefficient (Wildman–Crippen LogP) is 4.24.